The third kappa shape index (κ3) is 5.47. The smallest absolute Gasteiger partial charge is 0.303 e. The predicted molar refractivity (Wildman–Crippen MR) is 64.6 cm³/mol. The molecule has 1 heterocycles. The van der Waals surface area contributed by atoms with E-state index in [9.17, 15) is 4.79 Å². The zero-order valence-electron chi connectivity index (χ0n) is 10.2. The van der Waals surface area contributed by atoms with Gasteiger partial charge in [0.05, 0.1) is 0 Å². The van der Waals surface area contributed by atoms with Crippen LogP contribution in [0.5, 0.6) is 0 Å². The molecule has 1 aliphatic rings. The summed E-state index contributed by atoms with van der Waals surface area (Å²) in [5.74, 6) is -0.703. The van der Waals surface area contributed by atoms with Crippen molar-refractivity contribution in [1.82, 2.24) is 10.2 Å². The summed E-state index contributed by atoms with van der Waals surface area (Å²) < 4.78 is 0. The van der Waals surface area contributed by atoms with Crippen LogP contribution in [0.3, 0.4) is 0 Å². The van der Waals surface area contributed by atoms with E-state index in [-0.39, 0.29) is 6.42 Å². The third-order valence-electron chi connectivity index (χ3n) is 3.20. The van der Waals surface area contributed by atoms with Crippen molar-refractivity contribution in [2.24, 2.45) is 0 Å². The number of likely N-dealkylation sites (tertiary alicyclic amines) is 1. The average Bonchev–Trinajstić information content (AvgIpc) is 2.29. The monoisotopic (exact) mass is 228 g/mol. The van der Waals surface area contributed by atoms with Gasteiger partial charge in [-0.05, 0) is 45.8 Å². The first-order valence-corrected chi connectivity index (χ1v) is 6.36. The second kappa shape index (κ2) is 7.63. The number of carboxylic acids is 1. The van der Waals surface area contributed by atoms with Crippen LogP contribution in [0.1, 0.15) is 39.0 Å². The Morgan fingerprint density at radius 2 is 2.06 bits per heavy atom. The highest BCUT2D eigenvalue weighted by atomic mass is 16.4. The van der Waals surface area contributed by atoms with Gasteiger partial charge in [-0.2, -0.15) is 0 Å². The van der Waals surface area contributed by atoms with Crippen LogP contribution in [-0.2, 0) is 4.79 Å². The number of rotatable bonds is 7. The second-order valence-electron chi connectivity index (χ2n) is 4.65. The number of aliphatic carboxylic acids is 1. The first-order valence-electron chi connectivity index (χ1n) is 6.36. The molecule has 1 unspecified atom stereocenters. The SMILES string of the molecule is CC(CNCCCC(=O)O)N1CCCCC1. The topological polar surface area (TPSA) is 52.6 Å². The number of nitrogens with one attached hydrogen (secondary N) is 1. The van der Waals surface area contributed by atoms with Gasteiger partial charge in [0.1, 0.15) is 0 Å². The van der Waals surface area contributed by atoms with Crippen LogP contribution >= 0.6 is 0 Å². The molecule has 0 radical (unpaired) electrons. The van der Waals surface area contributed by atoms with Gasteiger partial charge in [0.15, 0.2) is 0 Å². The lowest BCUT2D eigenvalue weighted by Crippen LogP contribution is -2.43. The quantitative estimate of drug-likeness (QED) is 0.645. The van der Waals surface area contributed by atoms with Gasteiger partial charge in [0, 0.05) is 19.0 Å². The van der Waals surface area contributed by atoms with E-state index in [1.54, 1.807) is 0 Å². The van der Waals surface area contributed by atoms with Crippen molar-refractivity contribution in [2.45, 2.75) is 45.1 Å². The molecule has 94 valence electrons. The van der Waals surface area contributed by atoms with Crippen LogP contribution in [0.2, 0.25) is 0 Å². The van der Waals surface area contributed by atoms with Crippen LogP contribution in [-0.4, -0.2) is 48.2 Å². The van der Waals surface area contributed by atoms with Gasteiger partial charge < -0.3 is 10.4 Å². The Hall–Kier alpha value is -0.610. The maximum atomic E-state index is 10.3. The molecular weight excluding hydrogens is 204 g/mol. The molecule has 0 bridgehead atoms. The number of piperidine rings is 1. The van der Waals surface area contributed by atoms with Crippen molar-refractivity contribution in [3.8, 4) is 0 Å². The summed E-state index contributed by atoms with van der Waals surface area (Å²) in [6.07, 6.45) is 5.01. The summed E-state index contributed by atoms with van der Waals surface area (Å²) in [5, 5.41) is 11.8. The van der Waals surface area contributed by atoms with Crippen molar-refractivity contribution in [3.63, 3.8) is 0 Å². The molecule has 1 saturated heterocycles. The Labute approximate surface area is 98.0 Å². The summed E-state index contributed by atoms with van der Waals surface area (Å²) in [6.45, 7) is 6.47. The lowest BCUT2D eigenvalue weighted by atomic mass is 10.1. The van der Waals surface area contributed by atoms with Gasteiger partial charge >= 0.3 is 5.97 Å². The molecule has 0 spiro atoms. The predicted octanol–water partition coefficient (Wildman–Crippen LogP) is 1.32. The molecule has 1 atom stereocenters. The number of carboxylic acid groups (broad SMARTS) is 1. The summed E-state index contributed by atoms with van der Waals surface area (Å²) in [5.41, 5.74) is 0. The standard InChI is InChI=1S/C12H24N2O2/c1-11(14-8-3-2-4-9-14)10-13-7-5-6-12(15)16/h11,13H,2-10H2,1H3,(H,15,16). The summed E-state index contributed by atoms with van der Waals surface area (Å²) >= 11 is 0. The number of hydrogen-bond acceptors (Lipinski definition) is 3. The highest BCUT2D eigenvalue weighted by Gasteiger charge is 2.15. The molecule has 0 aromatic rings. The lowest BCUT2D eigenvalue weighted by molar-refractivity contribution is -0.137. The molecule has 1 rings (SSSR count). The Bertz CT molecular complexity index is 203. The van der Waals surface area contributed by atoms with E-state index in [4.69, 9.17) is 5.11 Å². The summed E-state index contributed by atoms with van der Waals surface area (Å²) in [4.78, 5) is 12.8. The highest BCUT2D eigenvalue weighted by molar-refractivity contribution is 5.66. The zero-order valence-corrected chi connectivity index (χ0v) is 10.2. The molecular formula is C12H24N2O2. The van der Waals surface area contributed by atoms with E-state index in [0.29, 0.717) is 6.04 Å². The minimum Gasteiger partial charge on any atom is -0.481 e. The molecule has 16 heavy (non-hydrogen) atoms. The van der Waals surface area contributed by atoms with E-state index in [0.717, 1.165) is 19.5 Å². The highest BCUT2D eigenvalue weighted by Crippen LogP contribution is 2.11. The van der Waals surface area contributed by atoms with Crippen LogP contribution in [0.15, 0.2) is 0 Å². The van der Waals surface area contributed by atoms with E-state index in [1.807, 2.05) is 0 Å². The third-order valence-corrected chi connectivity index (χ3v) is 3.20. The minimum absolute atomic E-state index is 0.269. The van der Waals surface area contributed by atoms with Crippen molar-refractivity contribution in [2.75, 3.05) is 26.2 Å². The van der Waals surface area contributed by atoms with Gasteiger partial charge in [0.2, 0.25) is 0 Å². The Balaban J connectivity index is 2.00. The Morgan fingerprint density at radius 1 is 1.38 bits per heavy atom. The number of nitrogens with zero attached hydrogens (tertiary/aromatic N) is 1. The van der Waals surface area contributed by atoms with Crippen molar-refractivity contribution < 1.29 is 9.90 Å². The molecule has 0 amide bonds. The zero-order chi connectivity index (χ0) is 11.8. The Morgan fingerprint density at radius 3 is 2.69 bits per heavy atom. The fraction of sp³-hybridized carbons (Fsp3) is 0.917. The summed E-state index contributed by atoms with van der Waals surface area (Å²) in [7, 11) is 0. The molecule has 0 aromatic carbocycles. The van der Waals surface area contributed by atoms with Crippen LogP contribution in [0.25, 0.3) is 0 Å². The summed E-state index contributed by atoms with van der Waals surface area (Å²) in [6, 6.07) is 0.574. The molecule has 1 fully saturated rings. The first kappa shape index (κ1) is 13.5. The second-order valence-corrected chi connectivity index (χ2v) is 4.65. The Kier molecular flexibility index (Phi) is 6.42. The lowest BCUT2D eigenvalue weighted by Gasteiger charge is -2.32. The van der Waals surface area contributed by atoms with Gasteiger partial charge in [-0.3, -0.25) is 9.69 Å². The molecule has 2 N–H and O–H groups in total. The van der Waals surface area contributed by atoms with E-state index in [1.165, 1.54) is 32.4 Å². The normalized spacial score (nSPS) is 19.6. The van der Waals surface area contributed by atoms with E-state index in [2.05, 4.69) is 17.1 Å². The van der Waals surface area contributed by atoms with Gasteiger partial charge in [-0.1, -0.05) is 6.42 Å². The first-order chi connectivity index (χ1) is 7.70. The average molecular weight is 228 g/mol. The van der Waals surface area contributed by atoms with Gasteiger partial charge in [0.25, 0.3) is 0 Å². The molecule has 0 aliphatic carbocycles. The fourth-order valence-electron chi connectivity index (χ4n) is 2.16. The molecule has 0 saturated carbocycles. The number of hydrogen-bond donors (Lipinski definition) is 2. The van der Waals surface area contributed by atoms with E-state index >= 15 is 0 Å². The fourth-order valence-corrected chi connectivity index (χ4v) is 2.16. The van der Waals surface area contributed by atoms with Crippen molar-refractivity contribution in [1.29, 1.82) is 0 Å². The maximum absolute atomic E-state index is 10.3. The van der Waals surface area contributed by atoms with E-state index < -0.39 is 5.97 Å². The van der Waals surface area contributed by atoms with Crippen LogP contribution in [0.4, 0.5) is 0 Å². The van der Waals surface area contributed by atoms with Gasteiger partial charge in [-0.15, -0.1) is 0 Å². The number of carbonyl (C=O) groups is 1. The molecule has 1 aliphatic heterocycles. The van der Waals surface area contributed by atoms with Gasteiger partial charge in [-0.25, -0.2) is 0 Å². The molecule has 4 heteroatoms. The van der Waals surface area contributed by atoms with Crippen LogP contribution in [0, 0.1) is 0 Å². The maximum Gasteiger partial charge on any atom is 0.303 e. The van der Waals surface area contributed by atoms with Crippen molar-refractivity contribution in [3.05, 3.63) is 0 Å². The minimum atomic E-state index is -0.703. The van der Waals surface area contributed by atoms with Crippen LogP contribution < -0.4 is 5.32 Å². The molecule has 4 nitrogen and oxygen atoms in total. The largest absolute Gasteiger partial charge is 0.481 e. The molecule has 0 aromatic heterocycles. The van der Waals surface area contributed by atoms with Crippen molar-refractivity contribution >= 4 is 5.97 Å².